The third-order valence-corrected chi connectivity index (χ3v) is 11.2. The molecule has 0 aliphatic carbocycles. The monoisotopic (exact) mass is 759 g/mol. The van der Waals surface area contributed by atoms with Gasteiger partial charge in [-0.1, -0.05) is 42.4 Å². The van der Waals surface area contributed by atoms with Crippen molar-refractivity contribution in [3.05, 3.63) is 57.0 Å². The third kappa shape index (κ3) is 10.5. The molecule has 3 atom stereocenters. The molecule has 286 valence electrons. The number of nitrogens with zero attached hydrogens (tertiary/aromatic N) is 2. The van der Waals surface area contributed by atoms with Gasteiger partial charge in [-0.2, -0.15) is 0 Å². The van der Waals surface area contributed by atoms with E-state index in [9.17, 15) is 24.3 Å². The molecule has 3 aliphatic heterocycles. The zero-order valence-corrected chi connectivity index (χ0v) is 33.2. The lowest BCUT2D eigenvalue weighted by atomic mass is 9.79. The Bertz CT molecular complexity index is 1700. The Morgan fingerprint density at radius 1 is 1.04 bits per heavy atom. The number of benzene rings is 1. The average Bonchev–Trinajstić information content (AvgIpc) is 3.45. The van der Waals surface area contributed by atoms with Crippen molar-refractivity contribution in [2.75, 3.05) is 31.3 Å². The number of aliphatic hydroxyl groups excluding tert-OH is 1. The number of carbonyl (C=O) groups excluding carboxylic acids is 3. The molecule has 0 fully saturated rings. The largest absolute Gasteiger partial charge is 0.458 e. The number of hydrogen-bond acceptors (Lipinski definition) is 12. The van der Waals surface area contributed by atoms with Crippen LogP contribution in [0.2, 0.25) is 0 Å². The van der Waals surface area contributed by atoms with Gasteiger partial charge in [0.1, 0.15) is 12.4 Å². The Kier molecular flexibility index (Phi) is 14.6. The fourth-order valence-electron chi connectivity index (χ4n) is 6.44. The summed E-state index contributed by atoms with van der Waals surface area (Å²) < 4.78 is 23.9. The fourth-order valence-corrected chi connectivity index (χ4v) is 8.32. The number of pyridine rings is 1. The molecule has 3 aliphatic rings. The molecule has 1 amide bonds. The zero-order chi connectivity index (χ0) is 38.2. The van der Waals surface area contributed by atoms with Crippen LogP contribution < -0.4 is 15.6 Å². The molecule has 12 nitrogen and oxygen atoms in total. The van der Waals surface area contributed by atoms with Crippen LogP contribution >= 0.6 is 21.6 Å². The van der Waals surface area contributed by atoms with E-state index in [0.717, 1.165) is 23.4 Å². The van der Waals surface area contributed by atoms with Gasteiger partial charge in [-0.3, -0.25) is 19.4 Å². The number of carbonyl (C=O) groups is 3. The van der Waals surface area contributed by atoms with Gasteiger partial charge in [0.05, 0.1) is 59.9 Å². The smallest absolute Gasteiger partial charge is 0.340 e. The van der Waals surface area contributed by atoms with Gasteiger partial charge in [-0.25, -0.2) is 4.79 Å². The highest BCUT2D eigenvalue weighted by Crippen LogP contribution is 2.46. The second-order valence-corrected chi connectivity index (χ2v) is 16.9. The van der Waals surface area contributed by atoms with E-state index in [1.807, 2.05) is 60.6 Å². The molecule has 0 radical (unpaired) electrons. The number of ether oxygens (including phenoxy) is 4. The molecule has 0 spiro atoms. The molecule has 1 aromatic carbocycles. The maximum atomic E-state index is 13.4. The van der Waals surface area contributed by atoms with E-state index in [0.29, 0.717) is 54.8 Å². The maximum Gasteiger partial charge on any atom is 0.340 e. The quantitative estimate of drug-likeness (QED) is 0.0949. The van der Waals surface area contributed by atoms with Crippen LogP contribution in [-0.4, -0.2) is 75.7 Å². The topological polar surface area (TPSA) is 155 Å². The van der Waals surface area contributed by atoms with Crippen LogP contribution in [0.5, 0.6) is 5.75 Å². The highest BCUT2D eigenvalue weighted by atomic mass is 33.1. The van der Waals surface area contributed by atoms with Crippen LogP contribution in [0, 0.1) is 5.92 Å². The molecule has 5 rings (SSSR count). The Balaban J connectivity index is 0.00000297. The molecular formula is C38H53N3O9S2. The predicted molar refractivity (Wildman–Crippen MR) is 204 cm³/mol. The van der Waals surface area contributed by atoms with Crippen molar-refractivity contribution in [3.63, 3.8) is 0 Å². The summed E-state index contributed by atoms with van der Waals surface area (Å²) in [5.41, 5.74) is 2.53. The zero-order valence-electron chi connectivity index (χ0n) is 31.5. The van der Waals surface area contributed by atoms with E-state index in [1.54, 1.807) is 38.3 Å². The molecule has 14 heteroatoms. The minimum absolute atomic E-state index is 0.0226. The van der Waals surface area contributed by atoms with Crippen molar-refractivity contribution < 1.29 is 38.4 Å². The van der Waals surface area contributed by atoms with E-state index < -0.39 is 17.7 Å². The van der Waals surface area contributed by atoms with Crippen molar-refractivity contribution in [1.82, 2.24) is 9.88 Å². The van der Waals surface area contributed by atoms with Gasteiger partial charge in [0.15, 0.2) is 6.10 Å². The lowest BCUT2D eigenvalue weighted by molar-refractivity contribution is -0.157. The molecule has 0 saturated heterocycles. The van der Waals surface area contributed by atoms with E-state index in [2.05, 4.69) is 12.2 Å². The first-order chi connectivity index (χ1) is 24.7. The van der Waals surface area contributed by atoms with E-state index in [4.69, 9.17) is 23.9 Å². The standard InChI is InChI=1S/C36H47N3O9S2.C2H6/c1-7-22-23-16-21(48-30(41)10-14-49-50-15-11-37-29(40)18-36(5,6)47-13-12-46-35(2,3)4)8-9-27(23)38-31-25(22)19-39-28(31)17-24-26(33(39)43)20-45-34(44)32(24)42;1-2/h8-9,16-17,22,25,32,42H,7,10-15,18-20H2,1-6H3,(H,37,40);1-2H3. The number of aromatic nitrogens is 1. The van der Waals surface area contributed by atoms with Gasteiger partial charge in [0, 0.05) is 36.1 Å². The van der Waals surface area contributed by atoms with Gasteiger partial charge in [-0.05, 0) is 76.8 Å². The minimum Gasteiger partial charge on any atom is -0.458 e. The molecule has 0 saturated carbocycles. The predicted octanol–water partition coefficient (Wildman–Crippen LogP) is 6.02. The SMILES string of the molecule is CC.CCC1c2cc(OC(=O)CCSSCCNC(=O)CC(C)(C)OCCOC(C)(C)C)ccc2N=C2c3cc4c(c(=O)n3CC21)COC(=O)C4O. The van der Waals surface area contributed by atoms with Crippen molar-refractivity contribution >= 4 is 50.8 Å². The fraction of sp³-hybridized carbons (Fsp3) is 0.605. The second-order valence-electron chi connectivity index (χ2n) is 14.2. The molecule has 52 heavy (non-hydrogen) atoms. The van der Waals surface area contributed by atoms with E-state index in [-0.39, 0.29) is 59.9 Å². The van der Waals surface area contributed by atoms with Crippen LogP contribution in [0.1, 0.15) is 109 Å². The van der Waals surface area contributed by atoms with Crippen molar-refractivity contribution in [1.29, 1.82) is 0 Å². The Morgan fingerprint density at radius 3 is 2.46 bits per heavy atom. The summed E-state index contributed by atoms with van der Waals surface area (Å²) >= 11 is 0. The number of rotatable bonds is 15. The first kappa shape index (κ1) is 41.6. The number of aliphatic imine (C=N–C) groups is 1. The summed E-state index contributed by atoms with van der Waals surface area (Å²) in [4.78, 5) is 55.3. The highest BCUT2D eigenvalue weighted by molar-refractivity contribution is 8.76. The summed E-state index contributed by atoms with van der Waals surface area (Å²) in [6.07, 6.45) is -0.241. The normalized spacial score (nSPS) is 18.8. The summed E-state index contributed by atoms with van der Waals surface area (Å²) in [5, 5.41) is 13.3. The first-order valence-electron chi connectivity index (χ1n) is 18.0. The molecular weight excluding hydrogens is 707 g/mol. The van der Waals surface area contributed by atoms with Crippen molar-refractivity contribution in [2.24, 2.45) is 10.9 Å². The number of nitrogens with one attached hydrogen (secondary N) is 1. The average molecular weight is 760 g/mol. The number of aliphatic hydroxyl groups is 1. The lowest BCUT2D eigenvalue weighted by Gasteiger charge is -2.28. The van der Waals surface area contributed by atoms with Gasteiger partial charge in [0.25, 0.3) is 5.56 Å². The van der Waals surface area contributed by atoms with E-state index in [1.165, 1.54) is 0 Å². The summed E-state index contributed by atoms with van der Waals surface area (Å²) in [6.45, 7) is 17.5. The van der Waals surface area contributed by atoms with Gasteiger partial charge < -0.3 is 33.9 Å². The highest BCUT2D eigenvalue weighted by Gasteiger charge is 2.42. The van der Waals surface area contributed by atoms with Gasteiger partial charge in [-0.15, -0.1) is 0 Å². The number of esters is 2. The van der Waals surface area contributed by atoms with Crippen LogP contribution in [0.3, 0.4) is 0 Å². The summed E-state index contributed by atoms with van der Waals surface area (Å²) in [5.74, 6) is 0.474. The number of hydrogen-bond donors (Lipinski definition) is 2. The summed E-state index contributed by atoms with van der Waals surface area (Å²) in [7, 11) is 3.14. The molecule has 3 unspecified atom stereocenters. The van der Waals surface area contributed by atoms with Crippen molar-refractivity contribution in [3.8, 4) is 5.75 Å². The molecule has 2 aromatic rings. The van der Waals surface area contributed by atoms with Crippen molar-refractivity contribution in [2.45, 2.75) is 111 Å². The molecule has 0 bridgehead atoms. The number of cyclic esters (lactones) is 1. The van der Waals surface area contributed by atoms with Gasteiger partial charge in [0.2, 0.25) is 5.91 Å². The minimum atomic E-state index is -1.50. The Morgan fingerprint density at radius 2 is 1.75 bits per heavy atom. The van der Waals surface area contributed by atoms with Crippen LogP contribution in [0.4, 0.5) is 5.69 Å². The third-order valence-electron chi connectivity index (χ3n) is 8.78. The number of fused-ring (bicyclic) bond motifs is 5. The molecule has 4 heterocycles. The molecule has 1 aromatic heterocycles. The van der Waals surface area contributed by atoms with Gasteiger partial charge >= 0.3 is 11.9 Å². The van der Waals surface area contributed by atoms with Crippen LogP contribution in [0.15, 0.2) is 34.1 Å². The summed E-state index contributed by atoms with van der Waals surface area (Å²) in [6, 6.07) is 7.11. The lowest BCUT2D eigenvalue weighted by Crippen LogP contribution is -2.36. The Labute approximate surface area is 314 Å². The maximum absolute atomic E-state index is 13.4. The van der Waals surface area contributed by atoms with Crippen LogP contribution in [-0.2, 0) is 41.7 Å². The number of amides is 1. The Hall–Kier alpha value is -3.17. The van der Waals surface area contributed by atoms with Crippen LogP contribution in [0.25, 0.3) is 0 Å². The van der Waals surface area contributed by atoms with E-state index >= 15 is 0 Å². The molecule has 2 N–H and O–H groups in total. The first-order valence-corrected chi connectivity index (χ1v) is 20.5. The second kappa shape index (κ2) is 18.2.